The molecule has 0 radical (unpaired) electrons. The fourth-order valence-electron chi connectivity index (χ4n) is 9.51. The first-order valence-corrected chi connectivity index (χ1v) is 20.9. The van der Waals surface area contributed by atoms with Crippen LogP contribution in [0.5, 0.6) is 0 Å². The maximum atomic E-state index is 13.8. The number of morpholine rings is 1. The highest BCUT2D eigenvalue weighted by Gasteiger charge is 2.50. The quantitative estimate of drug-likeness (QED) is 0.214. The maximum absolute atomic E-state index is 13.8. The molecule has 3 aromatic carbocycles. The van der Waals surface area contributed by atoms with Gasteiger partial charge in [-0.25, -0.2) is 0 Å². The summed E-state index contributed by atoms with van der Waals surface area (Å²) in [6.45, 7) is 2.03. The summed E-state index contributed by atoms with van der Waals surface area (Å²) in [5.74, 6) is -2.25. The van der Waals surface area contributed by atoms with Crippen molar-refractivity contribution in [3.05, 3.63) is 104 Å². The zero-order valence-corrected chi connectivity index (χ0v) is 34.6. The van der Waals surface area contributed by atoms with Gasteiger partial charge in [-0.3, -0.25) is 14.4 Å². The summed E-state index contributed by atoms with van der Waals surface area (Å²) in [6.07, 6.45) is -8.55. The Labute approximate surface area is 358 Å². The molecule has 3 saturated heterocycles. The predicted octanol–water partition coefficient (Wildman–Crippen LogP) is 6.85. The number of fused-ring (bicyclic) bond motifs is 2. The van der Waals surface area contributed by atoms with Gasteiger partial charge in [-0.2, -0.15) is 26.3 Å². The number of aliphatic hydroxyl groups is 1. The third-order valence-corrected chi connectivity index (χ3v) is 13.7. The molecule has 3 heterocycles. The standard InChI is InChI=1S/C43H46Cl2F6N4O6/c44-33-6-5-29(23-34(33)45)41(25-55(17-18-61-41)39(59)28-19-30(42(46,47)48)22-31(20-28)43(49,50)51)11-16-53-14-9-40(10-15-53)32-4-2-1-3-27(32)21-35(40)60-24-36(56)54-12-7-26(8-13-54)37(57)38(52)58/h1-6,19-20,22-23,26,35,37,57H,7-18,21,24-25H2,(H2,52,58)/t35-,37?,41+/m0/s1. The molecule has 18 heteroatoms. The van der Waals surface area contributed by atoms with Crippen LogP contribution in [-0.2, 0) is 48.9 Å². The van der Waals surface area contributed by atoms with Crippen molar-refractivity contribution in [3.63, 3.8) is 0 Å². The lowest BCUT2D eigenvalue weighted by molar-refractivity contribution is -0.144. The van der Waals surface area contributed by atoms with Gasteiger partial charge in [-0.15, -0.1) is 0 Å². The van der Waals surface area contributed by atoms with Crippen LogP contribution in [-0.4, -0.2) is 109 Å². The van der Waals surface area contributed by atoms with Gasteiger partial charge in [0.15, 0.2) is 0 Å². The van der Waals surface area contributed by atoms with E-state index in [-0.39, 0.29) is 72.2 Å². The number of carbonyl (C=O) groups is 3. The molecule has 1 spiro atoms. The number of likely N-dealkylation sites (tertiary alicyclic amines) is 2. The third-order valence-electron chi connectivity index (χ3n) is 12.9. The van der Waals surface area contributed by atoms with Gasteiger partial charge in [0.1, 0.15) is 18.3 Å². The molecular formula is C43H46Cl2F6N4O6. The average molecular weight is 900 g/mol. The van der Waals surface area contributed by atoms with Crippen molar-refractivity contribution in [2.75, 3.05) is 59.0 Å². The summed E-state index contributed by atoms with van der Waals surface area (Å²) < 4.78 is 95.3. The van der Waals surface area contributed by atoms with Crippen LogP contribution in [0.3, 0.4) is 0 Å². The molecule has 3 aromatic rings. The summed E-state index contributed by atoms with van der Waals surface area (Å²) in [5.41, 5.74) is 2.61. The minimum atomic E-state index is -5.12. The second-order valence-electron chi connectivity index (χ2n) is 16.5. The normalized spacial score (nSPS) is 22.9. The van der Waals surface area contributed by atoms with Gasteiger partial charge in [-0.1, -0.05) is 53.5 Å². The molecule has 3 fully saturated rings. The van der Waals surface area contributed by atoms with Crippen molar-refractivity contribution in [3.8, 4) is 0 Å². The Morgan fingerprint density at radius 2 is 1.52 bits per heavy atom. The molecule has 3 atom stereocenters. The molecule has 1 unspecified atom stereocenters. The minimum Gasteiger partial charge on any atom is -0.383 e. The summed E-state index contributed by atoms with van der Waals surface area (Å²) in [6, 6.07) is 13.9. The van der Waals surface area contributed by atoms with Gasteiger partial charge in [0, 0.05) is 37.2 Å². The zero-order chi connectivity index (χ0) is 43.9. The van der Waals surface area contributed by atoms with Crippen LogP contribution in [0, 0.1) is 5.92 Å². The lowest BCUT2D eigenvalue weighted by atomic mass is 9.72. The summed E-state index contributed by atoms with van der Waals surface area (Å²) in [4.78, 5) is 43.8. The molecular weight excluding hydrogens is 853 g/mol. The van der Waals surface area contributed by atoms with E-state index >= 15 is 0 Å². The van der Waals surface area contributed by atoms with Gasteiger partial charge < -0.3 is 35.0 Å². The van der Waals surface area contributed by atoms with Gasteiger partial charge in [0.2, 0.25) is 11.8 Å². The van der Waals surface area contributed by atoms with Crippen molar-refractivity contribution in [1.29, 1.82) is 0 Å². The van der Waals surface area contributed by atoms with Gasteiger partial charge >= 0.3 is 12.4 Å². The number of benzene rings is 3. The molecule has 3 aliphatic heterocycles. The molecule has 0 saturated carbocycles. The number of ether oxygens (including phenoxy) is 2. The first kappa shape index (κ1) is 45.1. The van der Waals surface area contributed by atoms with Crippen molar-refractivity contribution < 1.29 is 55.3 Å². The Hall–Kier alpha value is -3.93. The molecule has 0 aromatic heterocycles. The number of piperidine rings is 2. The van der Waals surface area contributed by atoms with Crippen molar-refractivity contribution >= 4 is 40.9 Å². The first-order chi connectivity index (χ1) is 28.8. The molecule has 61 heavy (non-hydrogen) atoms. The number of hydrogen-bond donors (Lipinski definition) is 2. The van der Waals surface area contributed by atoms with E-state index in [2.05, 4.69) is 17.0 Å². The average Bonchev–Trinajstić information content (AvgIpc) is 3.54. The molecule has 10 nitrogen and oxygen atoms in total. The Morgan fingerprint density at radius 3 is 2.15 bits per heavy atom. The van der Waals surface area contributed by atoms with E-state index in [9.17, 15) is 45.8 Å². The topological polar surface area (TPSA) is 126 Å². The van der Waals surface area contributed by atoms with E-state index in [1.165, 1.54) is 10.5 Å². The highest BCUT2D eigenvalue weighted by atomic mass is 35.5. The van der Waals surface area contributed by atoms with E-state index in [0.717, 1.165) is 5.56 Å². The van der Waals surface area contributed by atoms with Crippen LogP contribution in [0.15, 0.2) is 60.7 Å². The molecule has 330 valence electrons. The van der Waals surface area contributed by atoms with Crippen LogP contribution >= 0.6 is 23.2 Å². The highest BCUT2D eigenvalue weighted by Crippen LogP contribution is 2.48. The lowest BCUT2D eigenvalue weighted by Crippen LogP contribution is -2.54. The first-order valence-electron chi connectivity index (χ1n) is 20.2. The predicted molar refractivity (Wildman–Crippen MR) is 213 cm³/mol. The Balaban J connectivity index is 1.06. The second kappa shape index (κ2) is 17.7. The fraction of sp³-hybridized carbons (Fsp3) is 0.512. The molecule has 3 N–H and O–H groups in total. The maximum Gasteiger partial charge on any atom is 0.416 e. The molecule has 3 amide bonds. The summed E-state index contributed by atoms with van der Waals surface area (Å²) in [7, 11) is 0. The van der Waals surface area contributed by atoms with Crippen LogP contribution < -0.4 is 5.73 Å². The SMILES string of the molecule is NC(=O)C(O)C1CCN(C(=O)CO[C@H]2Cc3ccccc3C23CCN(CC[C@]2(c4ccc(Cl)c(Cl)c4)CN(C(=O)c4cc(C(F)(F)F)cc(C(F)(F)F)c4)CCO2)CC3)CC1. The van der Waals surface area contributed by atoms with Crippen LogP contribution in [0.2, 0.25) is 10.0 Å². The third kappa shape index (κ3) is 9.54. The van der Waals surface area contributed by atoms with Crippen molar-refractivity contribution in [1.82, 2.24) is 14.7 Å². The van der Waals surface area contributed by atoms with Gasteiger partial charge in [-0.05, 0) is 105 Å². The molecule has 4 aliphatic rings. The highest BCUT2D eigenvalue weighted by molar-refractivity contribution is 6.42. The Bertz CT molecular complexity index is 2090. The minimum absolute atomic E-state index is 0.00949. The molecule has 7 rings (SSSR count). The monoisotopic (exact) mass is 898 g/mol. The van der Waals surface area contributed by atoms with Crippen LogP contribution in [0.4, 0.5) is 26.3 Å². The second-order valence-corrected chi connectivity index (χ2v) is 17.3. The number of halogens is 8. The Morgan fingerprint density at radius 1 is 0.869 bits per heavy atom. The number of rotatable bonds is 10. The summed E-state index contributed by atoms with van der Waals surface area (Å²) in [5, 5.41) is 10.5. The molecule has 1 aliphatic carbocycles. The number of aliphatic hydroxyl groups excluding tert-OH is 1. The van der Waals surface area contributed by atoms with E-state index in [1.54, 1.807) is 23.1 Å². The Kier molecular flexibility index (Phi) is 13.1. The van der Waals surface area contributed by atoms with Crippen LogP contribution in [0.25, 0.3) is 0 Å². The van der Waals surface area contributed by atoms with Crippen molar-refractivity contribution in [2.45, 2.75) is 74.1 Å². The van der Waals surface area contributed by atoms with E-state index in [4.69, 9.17) is 38.4 Å². The number of alkyl halides is 6. The number of primary amides is 1. The van der Waals surface area contributed by atoms with E-state index < -0.39 is 52.6 Å². The van der Waals surface area contributed by atoms with E-state index in [0.29, 0.717) is 82.5 Å². The van der Waals surface area contributed by atoms with Crippen LogP contribution in [0.1, 0.15) is 70.3 Å². The number of hydrogen-bond acceptors (Lipinski definition) is 7. The van der Waals surface area contributed by atoms with E-state index in [1.807, 2.05) is 12.1 Å². The summed E-state index contributed by atoms with van der Waals surface area (Å²) >= 11 is 12.7. The number of nitrogens with two attached hydrogens (primary N) is 1. The fourth-order valence-corrected chi connectivity index (χ4v) is 9.80. The molecule has 0 bridgehead atoms. The number of amides is 3. The van der Waals surface area contributed by atoms with Gasteiger partial charge in [0.05, 0.1) is 40.4 Å². The lowest BCUT2D eigenvalue weighted by Gasteiger charge is -2.46. The number of carbonyl (C=O) groups excluding carboxylic acids is 3. The zero-order valence-electron chi connectivity index (χ0n) is 33.0. The largest absolute Gasteiger partial charge is 0.416 e. The smallest absolute Gasteiger partial charge is 0.383 e. The van der Waals surface area contributed by atoms with Crippen molar-refractivity contribution in [2.24, 2.45) is 11.7 Å². The number of nitrogens with zero attached hydrogens (tertiary/aromatic N) is 3. The van der Waals surface area contributed by atoms with Gasteiger partial charge in [0.25, 0.3) is 5.91 Å².